The summed E-state index contributed by atoms with van der Waals surface area (Å²) in [5, 5.41) is 7.47. The summed E-state index contributed by atoms with van der Waals surface area (Å²) in [6.45, 7) is 11.4. The van der Waals surface area contributed by atoms with Gasteiger partial charge in [-0.05, 0) is 56.8 Å². The first-order valence-corrected chi connectivity index (χ1v) is 11.0. The average Bonchev–Trinajstić information content (AvgIpc) is 3.08. The van der Waals surface area contributed by atoms with E-state index in [4.69, 9.17) is 12.2 Å². The predicted molar refractivity (Wildman–Crippen MR) is 120 cm³/mol. The SMILES string of the molecule is CCN(CC)c1ccc(NC(=S)N2CCCN(Cc3nccs3)CC2)cc1. The van der Waals surface area contributed by atoms with E-state index in [1.165, 1.54) is 10.7 Å². The molecule has 27 heavy (non-hydrogen) atoms. The predicted octanol–water partition coefficient (Wildman–Crippen LogP) is 3.89. The first kappa shape index (κ1) is 20.0. The average molecular weight is 404 g/mol. The van der Waals surface area contributed by atoms with E-state index >= 15 is 0 Å². The fourth-order valence-corrected chi connectivity index (χ4v) is 4.36. The summed E-state index contributed by atoms with van der Waals surface area (Å²) >= 11 is 7.41. The molecule has 1 saturated heterocycles. The third kappa shape index (κ3) is 5.64. The monoisotopic (exact) mass is 403 g/mol. The van der Waals surface area contributed by atoms with Crippen molar-refractivity contribution in [3.8, 4) is 0 Å². The number of nitrogens with one attached hydrogen (secondary N) is 1. The topological polar surface area (TPSA) is 34.6 Å². The van der Waals surface area contributed by atoms with Gasteiger partial charge >= 0.3 is 0 Å². The molecule has 1 aliphatic rings. The zero-order chi connectivity index (χ0) is 19.1. The van der Waals surface area contributed by atoms with Crippen molar-refractivity contribution in [3.05, 3.63) is 40.8 Å². The molecule has 2 aromatic rings. The van der Waals surface area contributed by atoms with Crippen LogP contribution < -0.4 is 10.2 Å². The number of rotatable bonds is 6. The van der Waals surface area contributed by atoms with E-state index in [1.807, 2.05) is 11.6 Å². The molecule has 1 fully saturated rings. The molecule has 1 aromatic carbocycles. The Kier molecular flexibility index (Phi) is 7.43. The minimum atomic E-state index is 0.821. The van der Waals surface area contributed by atoms with Crippen molar-refractivity contribution in [2.45, 2.75) is 26.8 Å². The van der Waals surface area contributed by atoms with Gasteiger partial charge in [0.2, 0.25) is 0 Å². The second-order valence-corrected chi connectivity index (χ2v) is 8.06. The molecular formula is C20H29N5S2. The van der Waals surface area contributed by atoms with Crippen LogP contribution in [0.25, 0.3) is 0 Å². The standard InChI is InChI=1S/C20H29N5S2/c1-3-24(4-2)18-8-6-17(7-9-18)22-20(26)25-12-5-11-23(13-14-25)16-19-21-10-15-27-19/h6-10,15H,3-5,11-14,16H2,1-2H3,(H,22,26). The summed E-state index contributed by atoms with van der Waals surface area (Å²) < 4.78 is 0. The van der Waals surface area contributed by atoms with E-state index in [2.05, 4.69) is 63.1 Å². The summed E-state index contributed by atoms with van der Waals surface area (Å²) in [5.41, 5.74) is 2.31. The Morgan fingerprint density at radius 1 is 1.15 bits per heavy atom. The Morgan fingerprint density at radius 2 is 1.93 bits per heavy atom. The van der Waals surface area contributed by atoms with Crippen LogP contribution in [0.1, 0.15) is 25.3 Å². The molecule has 0 spiro atoms. The van der Waals surface area contributed by atoms with Crippen molar-refractivity contribution in [1.29, 1.82) is 0 Å². The molecule has 1 aromatic heterocycles. The molecule has 0 atom stereocenters. The van der Waals surface area contributed by atoms with Gasteiger partial charge in [0.05, 0.1) is 6.54 Å². The third-order valence-electron chi connectivity index (χ3n) is 4.97. The molecule has 1 N–H and O–H groups in total. The van der Waals surface area contributed by atoms with E-state index in [0.29, 0.717) is 0 Å². The van der Waals surface area contributed by atoms with Crippen molar-refractivity contribution in [2.75, 3.05) is 49.5 Å². The molecule has 1 aliphatic heterocycles. The summed E-state index contributed by atoms with van der Waals surface area (Å²) in [4.78, 5) is 11.5. The molecule has 3 rings (SSSR count). The highest BCUT2D eigenvalue weighted by Gasteiger charge is 2.17. The lowest BCUT2D eigenvalue weighted by atomic mass is 10.2. The van der Waals surface area contributed by atoms with Crippen molar-refractivity contribution < 1.29 is 0 Å². The smallest absolute Gasteiger partial charge is 0.173 e. The lowest BCUT2D eigenvalue weighted by Crippen LogP contribution is -2.37. The van der Waals surface area contributed by atoms with Gasteiger partial charge in [0.1, 0.15) is 5.01 Å². The molecule has 0 amide bonds. The highest BCUT2D eigenvalue weighted by molar-refractivity contribution is 7.80. The molecule has 0 radical (unpaired) electrons. The molecule has 2 heterocycles. The highest BCUT2D eigenvalue weighted by Crippen LogP contribution is 2.18. The first-order chi connectivity index (χ1) is 13.2. The van der Waals surface area contributed by atoms with Crippen LogP contribution >= 0.6 is 23.6 Å². The number of hydrogen-bond acceptors (Lipinski definition) is 5. The Balaban J connectivity index is 1.52. The molecule has 146 valence electrons. The fraction of sp³-hybridized carbons (Fsp3) is 0.500. The molecule has 0 saturated carbocycles. The van der Waals surface area contributed by atoms with Crippen LogP contribution in [0.4, 0.5) is 11.4 Å². The van der Waals surface area contributed by atoms with Crippen molar-refractivity contribution >= 4 is 40.0 Å². The van der Waals surface area contributed by atoms with Gasteiger partial charge < -0.3 is 15.1 Å². The van der Waals surface area contributed by atoms with Crippen LogP contribution in [0, 0.1) is 0 Å². The van der Waals surface area contributed by atoms with Crippen LogP contribution in [0.5, 0.6) is 0 Å². The molecule has 0 bridgehead atoms. The second kappa shape index (κ2) is 10.0. The molecule has 7 heteroatoms. The number of thiazole rings is 1. The minimum Gasteiger partial charge on any atom is -0.372 e. The summed E-state index contributed by atoms with van der Waals surface area (Å²) in [5.74, 6) is 0. The Morgan fingerprint density at radius 3 is 2.59 bits per heavy atom. The van der Waals surface area contributed by atoms with Crippen LogP contribution in [0.15, 0.2) is 35.8 Å². The second-order valence-electron chi connectivity index (χ2n) is 6.69. The quantitative estimate of drug-likeness (QED) is 0.737. The number of nitrogens with zero attached hydrogens (tertiary/aromatic N) is 4. The third-order valence-corrected chi connectivity index (χ3v) is 6.09. The van der Waals surface area contributed by atoms with Crippen molar-refractivity contribution in [2.24, 2.45) is 0 Å². The maximum absolute atomic E-state index is 5.68. The normalized spacial score (nSPS) is 15.4. The van der Waals surface area contributed by atoms with E-state index < -0.39 is 0 Å². The summed E-state index contributed by atoms with van der Waals surface area (Å²) in [6, 6.07) is 8.56. The highest BCUT2D eigenvalue weighted by atomic mass is 32.1. The van der Waals surface area contributed by atoms with Gasteiger partial charge in [0.25, 0.3) is 0 Å². The minimum absolute atomic E-state index is 0.821. The lowest BCUT2D eigenvalue weighted by molar-refractivity contribution is 0.278. The Labute approximate surface area is 172 Å². The van der Waals surface area contributed by atoms with Gasteiger partial charge in [0.15, 0.2) is 5.11 Å². The van der Waals surface area contributed by atoms with Crippen LogP contribution in [0.3, 0.4) is 0 Å². The van der Waals surface area contributed by atoms with Crippen molar-refractivity contribution in [1.82, 2.24) is 14.8 Å². The van der Waals surface area contributed by atoms with Gasteiger partial charge in [-0.25, -0.2) is 4.98 Å². The Bertz CT molecular complexity index is 698. The number of anilines is 2. The van der Waals surface area contributed by atoms with Gasteiger partial charge in [-0.3, -0.25) is 4.90 Å². The number of benzene rings is 1. The van der Waals surface area contributed by atoms with E-state index in [9.17, 15) is 0 Å². The molecular weight excluding hydrogens is 374 g/mol. The molecule has 0 aliphatic carbocycles. The van der Waals surface area contributed by atoms with Gasteiger partial charge in [-0.2, -0.15) is 0 Å². The summed E-state index contributed by atoms with van der Waals surface area (Å²) in [7, 11) is 0. The van der Waals surface area contributed by atoms with Crippen LogP contribution in [-0.2, 0) is 6.54 Å². The van der Waals surface area contributed by atoms with Crippen LogP contribution in [-0.4, -0.2) is 59.2 Å². The molecule has 0 unspecified atom stereocenters. The fourth-order valence-electron chi connectivity index (χ4n) is 3.40. The van der Waals surface area contributed by atoms with Gasteiger partial charge in [0, 0.05) is 62.2 Å². The maximum Gasteiger partial charge on any atom is 0.173 e. The van der Waals surface area contributed by atoms with Crippen molar-refractivity contribution in [3.63, 3.8) is 0 Å². The Hall–Kier alpha value is -1.70. The first-order valence-electron chi connectivity index (χ1n) is 9.71. The van der Waals surface area contributed by atoms with Crippen LogP contribution in [0.2, 0.25) is 0 Å². The number of aromatic nitrogens is 1. The number of thiocarbonyl (C=S) groups is 1. The summed E-state index contributed by atoms with van der Waals surface area (Å²) in [6.07, 6.45) is 3.00. The molecule has 5 nitrogen and oxygen atoms in total. The van der Waals surface area contributed by atoms with Gasteiger partial charge in [-0.15, -0.1) is 11.3 Å². The van der Waals surface area contributed by atoms with E-state index in [-0.39, 0.29) is 0 Å². The zero-order valence-corrected chi connectivity index (χ0v) is 17.9. The van der Waals surface area contributed by atoms with E-state index in [1.54, 1.807) is 11.3 Å². The largest absolute Gasteiger partial charge is 0.372 e. The van der Waals surface area contributed by atoms with E-state index in [0.717, 1.165) is 63.0 Å². The maximum atomic E-state index is 5.68. The lowest BCUT2D eigenvalue weighted by Gasteiger charge is -2.25. The number of hydrogen-bond donors (Lipinski definition) is 1. The van der Waals surface area contributed by atoms with Gasteiger partial charge in [-0.1, -0.05) is 0 Å². The zero-order valence-electron chi connectivity index (χ0n) is 16.2.